The largest absolute Gasteiger partial charge is 0.479 e. The Balaban J connectivity index is 3.01. The van der Waals surface area contributed by atoms with Crippen molar-refractivity contribution in [3.63, 3.8) is 0 Å². The zero-order chi connectivity index (χ0) is 6.69. The van der Waals surface area contributed by atoms with Crippen LogP contribution < -0.4 is 4.74 Å². The maximum Gasteiger partial charge on any atom is 0.247 e. The Morgan fingerprint density at radius 3 is 2.56 bits per heavy atom. The van der Waals surface area contributed by atoms with Crippen molar-refractivity contribution in [2.24, 2.45) is 0 Å². The van der Waals surface area contributed by atoms with E-state index >= 15 is 0 Å². The molecule has 1 heterocycles. The lowest BCUT2D eigenvalue weighted by Gasteiger charge is -1.96. The first-order valence-electron chi connectivity index (χ1n) is 2.35. The molecule has 0 unspecified atom stereocenters. The molecular weight excluding hydrogens is 184 g/mol. The fraction of sp³-hybridized carbons (Fsp3) is 0.200. The summed E-state index contributed by atoms with van der Waals surface area (Å²) in [5.41, 5.74) is 0. The van der Waals surface area contributed by atoms with E-state index in [1.54, 1.807) is 19.5 Å². The molecule has 0 aliphatic carbocycles. The summed E-state index contributed by atoms with van der Waals surface area (Å²) in [6.45, 7) is 0. The van der Waals surface area contributed by atoms with Crippen molar-refractivity contribution in [3.8, 4) is 5.88 Å². The molecule has 0 fully saturated rings. The normalized spacial score (nSPS) is 9.11. The average molecular weight is 189 g/mol. The van der Waals surface area contributed by atoms with Crippen molar-refractivity contribution in [1.29, 1.82) is 0 Å². The Hall–Kier alpha value is -0.640. The third kappa shape index (κ3) is 1.38. The number of nitrogens with zero attached hydrogens (tertiary/aromatic N) is 2. The van der Waals surface area contributed by atoms with E-state index in [2.05, 4.69) is 25.9 Å². The SMILES string of the molecule is COc1nccnc1Br. The van der Waals surface area contributed by atoms with Gasteiger partial charge in [0.15, 0.2) is 4.60 Å². The monoisotopic (exact) mass is 188 g/mol. The summed E-state index contributed by atoms with van der Waals surface area (Å²) in [4.78, 5) is 7.74. The zero-order valence-electron chi connectivity index (χ0n) is 4.84. The molecule has 0 aliphatic rings. The minimum absolute atomic E-state index is 0.512. The van der Waals surface area contributed by atoms with Crippen LogP contribution in [-0.4, -0.2) is 17.1 Å². The van der Waals surface area contributed by atoms with Crippen molar-refractivity contribution in [3.05, 3.63) is 17.0 Å². The predicted molar refractivity (Wildman–Crippen MR) is 36.3 cm³/mol. The van der Waals surface area contributed by atoms with Gasteiger partial charge in [0.25, 0.3) is 0 Å². The Kier molecular flexibility index (Phi) is 2.00. The minimum Gasteiger partial charge on any atom is -0.479 e. The lowest BCUT2D eigenvalue weighted by Crippen LogP contribution is -1.88. The van der Waals surface area contributed by atoms with Crippen LogP contribution in [0.2, 0.25) is 0 Å². The van der Waals surface area contributed by atoms with Crippen molar-refractivity contribution in [1.82, 2.24) is 9.97 Å². The first kappa shape index (κ1) is 6.48. The number of aromatic nitrogens is 2. The Labute approximate surface area is 61.2 Å². The highest BCUT2D eigenvalue weighted by Crippen LogP contribution is 2.16. The second kappa shape index (κ2) is 2.77. The zero-order valence-corrected chi connectivity index (χ0v) is 6.42. The molecule has 48 valence electrons. The number of rotatable bonds is 1. The smallest absolute Gasteiger partial charge is 0.247 e. The van der Waals surface area contributed by atoms with E-state index in [1.165, 1.54) is 0 Å². The molecule has 0 saturated heterocycles. The van der Waals surface area contributed by atoms with Gasteiger partial charge in [-0.05, 0) is 15.9 Å². The van der Waals surface area contributed by atoms with Gasteiger partial charge in [-0.25, -0.2) is 9.97 Å². The van der Waals surface area contributed by atoms with Gasteiger partial charge in [0, 0.05) is 12.4 Å². The van der Waals surface area contributed by atoms with Crippen molar-refractivity contribution in [2.45, 2.75) is 0 Å². The number of hydrogen-bond acceptors (Lipinski definition) is 3. The second-order valence-corrected chi connectivity index (χ2v) is 2.11. The van der Waals surface area contributed by atoms with Gasteiger partial charge in [-0.3, -0.25) is 0 Å². The third-order valence-corrected chi connectivity index (χ3v) is 1.36. The number of halogens is 1. The van der Waals surface area contributed by atoms with E-state index in [9.17, 15) is 0 Å². The summed E-state index contributed by atoms with van der Waals surface area (Å²) < 4.78 is 5.46. The molecule has 4 heteroatoms. The molecule has 0 saturated carbocycles. The van der Waals surface area contributed by atoms with Crippen molar-refractivity contribution < 1.29 is 4.74 Å². The Bertz CT molecular complexity index is 204. The maximum absolute atomic E-state index is 4.82. The molecule has 0 radical (unpaired) electrons. The highest BCUT2D eigenvalue weighted by molar-refractivity contribution is 9.10. The average Bonchev–Trinajstić information content (AvgIpc) is 1.89. The number of hydrogen-bond donors (Lipinski definition) is 0. The summed E-state index contributed by atoms with van der Waals surface area (Å²) >= 11 is 3.16. The van der Waals surface area contributed by atoms with Crippen LogP contribution in [0.15, 0.2) is 17.0 Å². The molecule has 1 aromatic heterocycles. The first-order valence-corrected chi connectivity index (χ1v) is 3.14. The summed E-state index contributed by atoms with van der Waals surface area (Å²) in [7, 11) is 1.55. The van der Waals surface area contributed by atoms with Crippen LogP contribution in [-0.2, 0) is 0 Å². The van der Waals surface area contributed by atoms with Crippen LogP contribution in [0.1, 0.15) is 0 Å². The molecule has 9 heavy (non-hydrogen) atoms. The van der Waals surface area contributed by atoms with Crippen LogP contribution >= 0.6 is 15.9 Å². The van der Waals surface area contributed by atoms with E-state index in [4.69, 9.17) is 4.74 Å². The Morgan fingerprint density at radius 2 is 2.11 bits per heavy atom. The molecule has 0 bridgehead atoms. The van der Waals surface area contributed by atoms with E-state index in [0.717, 1.165) is 0 Å². The van der Waals surface area contributed by atoms with Crippen LogP contribution in [0, 0.1) is 0 Å². The van der Waals surface area contributed by atoms with E-state index in [-0.39, 0.29) is 0 Å². The standard InChI is InChI=1S/C5H5BrN2O/c1-9-5-4(6)7-2-3-8-5/h2-3H,1H3. The molecule has 0 atom stereocenters. The third-order valence-electron chi connectivity index (χ3n) is 0.816. The van der Waals surface area contributed by atoms with Crippen molar-refractivity contribution >= 4 is 15.9 Å². The van der Waals surface area contributed by atoms with Crippen LogP contribution in [0.3, 0.4) is 0 Å². The van der Waals surface area contributed by atoms with Gasteiger partial charge in [0.1, 0.15) is 0 Å². The Morgan fingerprint density at radius 1 is 1.44 bits per heavy atom. The highest BCUT2D eigenvalue weighted by atomic mass is 79.9. The van der Waals surface area contributed by atoms with Gasteiger partial charge in [-0.15, -0.1) is 0 Å². The maximum atomic E-state index is 4.82. The summed E-state index contributed by atoms with van der Waals surface area (Å²) in [5, 5.41) is 0. The van der Waals surface area contributed by atoms with Gasteiger partial charge in [-0.2, -0.15) is 0 Å². The number of ether oxygens (including phenoxy) is 1. The quantitative estimate of drug-likeness (QED) is 0.666. The summed E-state index contributed by atoms with van der Waals surface area (Å²) in [6.07, 6.45) is 3.16. The van der Waals surface area contributed by atoms with Crippen LogP contribution in [0.5, 0.6) is 5.88 Å². The van der Waals surface area contributed by atoms with Gasteiger partial charge in [0.05, 0.1) is 7.11 Å². The molecular formula is C5H5BrN2O. The lowest BCUT2D eigenvalue weighted by molar-refractivity contribution is 0.392. The van der Waals surface area contributed by atoms with Gasteiger partial charge < -0.3 is 4.74 Å². The van der Waals surface area contributed by atoms with Crippen molar-refractivity contribution in [2.75, 3.05) is 7.11 Å². The fourth-order valence-corrected chi connectivity index (χ4v) is 0.828. The van der Waals surface area contributed by atoms with E-state index in [0.29, 0.717) is 10.5 Å². The molecule has 0 spiro atoms. The van der Waals surface area contributed by atoms with E-state index < -0.39 is 0 Å². The fourth-order valence-electron chi connectivity index (χ4n) is 0.445. The minimum atomic E-state index is 0.512. The molecule has 1 rings (SSSR count). The van der Waals surface area contributed by atoms with Crippen LogP contribution in [0.25, 0.3) is 0 Å². The first-order chi connectivity index (χ1) is 4.34. The number of methoxy groups -OCH3 is 1. The molecule has 0 N–H and O–H groups in total. The van der Waals surface area contributed by atoms with E-state index in [1.807, 2.05) is 0 Å². The topological polar surface area (TPSA) is 35.0 Å². The predicted octanol–water partition coefficient (Wildman–Crippen LogP) is 1.25. The van der Waals surface area contributed by atoms with Gasteiger partial charge >= 0.3 is 0 Å². The summed E-state index contributed by atoms with van der Waals surface area (Å²) in [6, 6.07) is 0. The lowest BCUT2D eigenvalue weighted by atomic mass is 10.7. The molecule has 3 nitrogen and oxygen atoms in total. The van der Waals surface area contributed by atoms with Gasteiger partial charge in [-0.1, -0.05) is 0 Å². The van der Waals surface area contributed by atoms with Crippen LogP contribution in [0.4, 0.5) is 0 Å². The summed E-state index contributed by atoms with van der Waals surface area (Å²) in [5.74, 6) is 0.512. The molecule has 0 aromatic carbocycles. The second-order valence-electron chi connectivity index (χ2n) is 1.36. The highest BCUT2D eigenvalue weighted by Gasteiger charge is 1.97. The van der Waals surface area contributed by atoms with Gasteiger partial charge in [0.2, 0.25) is 5.88 Å². The molecule has 1 aromatic rings. The molecule has 0 aliphatic heterocycles. The molecule has 0 amide bonds.